The maximum Gasteiger partial charge on any atom is 0.137 e. The van der Waals surface area contributed by atoms with Gasteiger partial charge in [0, 0.05) is 48.9 Å². The van der Waals surface area contributed by atoms with Crippen molar-refractivity contribution < 1.29 is 0 Å². The lowest BCUT2D eigenvalue weighted by Gasteiger charge is -2.28. The third kappa shape index (κ3) is 2.77. The Morgan fingerprint density at radius 1 is 0.933 bits per heavy atom. The minimum absolute atomic E-state index is 0.927. The summed E-state index contributed by atoms with van der Waals surface area (Å²) in [5.74, 6) is 1.07. The molecule has 6 rings (SSSR count). The van der Waals surface area contributed by atoms with Crippen molar-refractivity contribution in [1.82, 2.24) is 29.9 Å². The predicted octanol–water partition coefficient (Wildman–Crippen LogP) is 4.50. The Morgan fingerprint density at radius 3 is 2.67 bits per heavy atom. The van der Waals surface area contributed by atoms with Crippen LogP contribution in [0.5, 0.6) is 0 Å². The van der Waals surface area contributed by atoms with Crippen molar-refractivity contribution in [1.29, 1.82) is 0 Å². The zero-order valence-corrected chi connectivity index (χ0v) is 16.9. The van der Waals surface area contributed by atoms with Crippen LogP contribution in [-0.2, 0) is 7.05 Å². The van der Waals surface area contributed by atoms with Crippen LogP contribution in [0.4, 0.5) is 5.82 Å². The number of pyridine rings is 1. The van der Waals surface area contributed by atoms with Gasteiger partial charge in [-0.05, 0) is 49.1 Å². The molecule has 4 aromatic heterocycles. The summed E-state index contributed by atoms with van der Waals surface area (Å²) in [4.78, 5) is 10.7. The SMILES string of the molecule is Cn1cc(-c2ccc3[nH]nc(-c4cc5c(N6CCCCC6)nccc5[nH]4)c3c2)cn1. The second-order valence-electron chi connectivity index (χ2n) is 8.06. The molecule has 1 aliphatic rings. The number of anilines is 1. The summed E-state index contributed by atoms with van der Waals surface area (Å²) in [6.45, 7) is 2.15. The molecule has 5 aromatic rings. The second-order valence-corrected chi connectivity index (χ2v) is 8.06. The number of aryl methyl sites for hydroxylation is 1. The minimum Gasteiger partial charge on any atom is -0.356 e. The van der Waals surface area contributed by atoms with Crippen LogP contribution >= 0.6 is 0 Å². The lowest BCUT2D eigenvalue weighted by molar-refractivity contribution is 0.575. The molecule has 2 N–H and O–H groups in total. The number of aromatic nitrogens is 6. The molecule has 7 heteroatoms. The fourth-order valence-corrected chi connectivity index (χ4v) is 4.49. The van der Waals surface area contributed by atoms with Gasteiger partial charge in [-0.2, -0.15) is 10.2 Å². The first kappa shape index (κ1) is 17.3. The molecule has 0 unspecified atom stereocenters. The van der Waals surface area contributed by atoms with E-state index in [0.29, 0.717) is 0 Å². The molecule has 0 atom stereocenters. The molecule has 1 fully saturated rings. The van der Waals surface area contributed by atoms with E-state index in [1.54, 1.807) is 0 Å². The molecular formula is C23H23N7. The normalized spacial score (nSPS) is 14.8. The van der Waals surface area contributed by atoms with E-state index in [2.05, 4.69) is 49.4 Å². The van der Waals surface area contributed by atoms with Crippen molar-refractivity contribution in [3.8, 4) is 22.5 Å². The van der Waals surface area contributed by atoms with Crippen molar-refractivity contribution in [2.45, 2.75) is 19.3 Å². The van der Waals surface area contributed by atoms with Gasteiger partial charge in [-0.3, -0.25) is 9.78 Å². The number of aromatic amines is 2. The molecule has 0 saturated carbocycles. The summed E-state index contributed by atoms with van der Waals surface area (Å²) in [7, 11) is 1.93. The van der Waals surface area contributed by atoms with Crippen LogP contribution in [0.15, 0.2) is 48.9 Å². The van der Waals surface area contributed by atoms with Gasteiger partial charge in [-0.25, -0.2) is 4.98 Å². The zero-order valence-electron chi connectivity index (χ0n) is 16.9. The third-order valence-electron chi connectivity index (χ3n) is 6.04. The van der Waals surface area contributed by atoms with Crippen molar-refractivity contribution in [2.75, 3.05) is 18.0 Å². The van der Waals surface area contributed by atoms with Gasteiger partial charge in [-0.15, -0.1) is 0 Å². The average molecular weight is 397 g/mol. The van der Waals surface area contributed by atoms with Crippen LogP contribution in [-0.4, -0.2) is 43.0 Å². The summed E-state index contributed by atoms with van der Waals surface area (Å²) in [6.07, 6.45) is 9.59. The fraction of sp³-hybridized carbons (Fsp3) is 0.261. The highest BCUT2D eigenvalue weighted by molar-refractivity contribution is 6.00. The van der Waals surface area contributed by atoms with Crippen LogP contribution in [0.2, 0.25) is 0 Å². The number of rotatable bonds is 3. The largest absolute Gasteiger partial charge is 0.356 e. The van der Waals surface area contributed by atoms with Crippen LogP contribution < -0.4 is 4.90 Å². The van der Waals surface area contributed by atoms with Crippen LogP contribution in [0, 0.1) is 0 Å². The van der Waals surface area contributed by atoms with E-state index in [9.17, 15) is 0 Å². The molecule has 0 amide bonds. The maximum absolute atomic E-state index is 4.71. The topological polar surface area (TPSA) is 78.4 Å². The predicted molar refractivity (Wildman–Crippen MR) is 119 cm³/mol. The van der Waals surface area contributed by atoms with E-state index in [-0.39, 0.29) is 0 Å². The standard InChI is InChI=1S/C23H23N7/c1-29-14-16(13-25-29)15-5-6-20-17(11-15)22(28-27-20)21-12-18-19(26-21)7-8-24-23(18)30-9-3-2-4-10-30/h5-8,11-14,26H,2-4,9-10H2,1H3,(H,27,28). The molecule has 1 aromatic carbocycles. The summed E-state index contributed by atoms with van der Waals surface area (Å²) in [6, 6.07) is 10.6. The van der Waals surface area contributed by atoms with E-state index < -0.39 is 0 Å². The molecule has 0 aliphatic carbocycles. The van der Waals surface area contributed by atoms with Crippen LogP contribution in [0.25, 0.3) is 44.3 Å². The number of hydrogen-bond donors (Lipinski definition) is 2. The lowest BCUT2D eigenvalue weighted by atomic mass is 10.1. The fourth-order valence-electron chi connectivity index (χ4n) is 4.49. The Hall–Kier alpha value is -3.61. The molecule has 0 radical (unpaired) electrons. The number of H-pyrrole nitrogens is 2. The lowest BCUT2D eigenvalue weighted by Crippen LogP contribution is -2.30. The third-order valence-corrected chi connectivity index (χ3v) is 6.04. The Labute approximate surface area is 173 Å². The molecule has 150 valence electrons. The maximum atomic E-state index is 4.71. The zero-order chi connectivity index (χ0) is 20.1. The monoisotopic (exact) mass is 397 g/mol. The second kappa shape index (κ2) is 6.73. The van der Waals surface area contributed by atoms with Crippen molar-refractivity contribution >= 4 is 27.6 Å². The number of piperidine rings is 1. The average Bonchev–Trinajstić information content (AvgIpc) is 3.50. The Kier molecular flexibility index (Phi) is 3.87. The van der Waals surface area contributed by atoms with E-state index in [4.69, 9.17) is 4.98 Å². The first-order chi connectivity index (χ1) is 14.8. The van der Waals surface area contributed by atoms with E-state index in [1.165, 1.54) is 19.3 Å². The first-order valence-electron chi connectivity index (χ1n) is 10.5. The van der Waals surface area contributed by atoms with Gasteiger partial charge in [0.15, 0.2) is 0 Å². The Bertz CT molecular complexity index is 1350. The quantitative estimate of drug-likeness (QED) is 0.470. The van der Waals surface area contributed by atoms with Gasteiger partial charge in [0.2, 0.25) is 0 Å². The molecule has 5 heterocycles. The highest BCUT2D eigenvalue weighted by atomic mass is 15.2. The van der Waals surface area contributed by atoms with E-state index in [0.717, 1.165) is 63.2 Å². The molecule has 1 aliphatic heterocycles. The summed E-state index contributed by atoms with van der Waals surface area (Å²) in [5, 5.41) is 14.4. The van der Waals surface area contributed by atoms with E-state index in [1.807, 2.05) is 36.4 Å². The van der Waals surface area contributed by atoms with Crippen LogP contribution in [0.3, 0.4) is 0 Å². The molecule has 0 spiro atoms. The Balaban J connectivity index is 1.47. The molecule has 0 bridgehead atoms. The van der Waals surface area contributed by atoms with Crippen LogP contribution in [0.1, 0.15) is 19.3 Å². The van der Waals surface area contributed by atoms with Gasteiger partial charge in [0.1, 0.15) is 11.5 Å². The number of fused-ring (bicyclic) bond motifs is 2. The van der Waals surface area contributed by atoms with Crippen molar-refractivity contribution in [2.24, 2.45) is 7.05 Å². The van der Waals surface area contributed by atoms with Crippen molar-refractivity contribution in [3.63, 3.8) is 0 Å². The van der Waals surface area contributed by atoms with Gasteiger partial charge < -0.3 is 9.88 Å². The highest BCUT2D eigenvalue weighted by Crippen LogP contribution is 2.34. The first-order valence-corrected chi connectivity index (χ1v) is 10.5. The number of nitrogens with one attached hydrogen (secondary N) is 2. The molecular weight excluding hydrogens is 374 g/mol. The smallest absolute Gasteiger partial charge is 0.137 e. The summed E-state index contributed by atoms with van der Waals surface area (Å²) < 4.78 is 1.82. The number of benzene rings is 1. The highest BCUT2D eigenvalue weighted by Gasteiger charge is 2.18. The molecule has 30 heavy (non-hydrogen) atoms. The minimum atomic E-state index is 0.927. The number of hydrogen-bond acceptors (Lipinski definition) is 4. The summed E-state index contributed by atoms with van der Waals surface area (Å²) >= 11 is 0. The molecule has 1 saturated heterocycles. The Morgan fingerprint density at radius 2 is 1.83 bits per heavy atom. The number of nitrogens with zero attached hydrogens (tertiary/aromatic N) is 5. The van der Waals surface area contributed by atoms with Gasteiger partial charge in [0.05, 0.1) is 22.9 Å². The summed E-state index contributed by atoms with van der Waals surface area (Å²) in [5.41, 5.74) is 6.28. The van der Waals surface area contributed by atoms with Gasteiger partial charge in [-0.1, -0.05) is 6.07 Å². The molecule has 7 nitrogen and oxygen atoms in total. The van der Waals surface area contributed by atoms with Gasteiger partial charge in [0.25, 0.3) is 0 Å². The van der Waals surface area contributed by atoms with Crippen molar-refractivity contribution in [3.05, 3.63) is 48.9 Å². The van der Waals surface area contributed by atoms with Gasteiger partial charge >= 0.3 is 0 Å². The van der Waals surface area contributed by atoms with E-state index >= 15 is 0 Å².